The molecule has 1 fully saturated rings. The van der Waals surface area contributed by atoms with Crippen molar-refractivity contribution in [2.75, 3.05) is 5.73 Å². The molecule has 1 amide bonds. The number of hydrogen-bond donors (Lipinski definition) is 2. The van der Waals surface area contributed by atoms with Crippen molar-refractivity contribution in [2.45, 2.75) is 38.6 Å². The Morgan fingerprint density at radius 3 is 2.67 bits per heavy atom. The summed E-state index contributed by atoms with van der Waals surface area (Å²) in [4.78, 5) is 22.5. The first-order valence-electron chi connectivity index (χ1n) is 6.94. The molecule has 0 heterocycles. The van der Waals surface area contributed by atoms with Gasteiger partial charge in [-0.15, -0.1) is 0 Å². The number of benzene rings is 1. The Balaban J connectivity index is 2.17. The molecular formula is C14H18ClN3O3. The third-order valence-corrected chi connectivity index (χ3v) is 4.34. The van der Waals surface area contributed by atoms with Crippen LogP contribution < -0.4 is 11.1 Å². The summed E-state index contributed by atoms with van der Waals surface area (Å²) in [6, 6.07) is 2.56. The van der Waals surface area contributed by atoms with Gasteiger partial charge in [0.05, 0.1) is 9.95 Å². The van der Waals surface area contributed by atoms with Crippen molar-refractivity contribution in [3.8, 4) is 0 Å². The molecule has 7 heteroatoms. The monoisotopic (exact) mass is 311 g/mol. The molecule has 1 unspecified atom stereocenters. The molecular weight excluding hydrogens is 294 g/mol. The van der Waals surface area contributed by atoms with Gasteiger partial charge in [-0.3, -0.25) is 14.9 Å². The van der Waals surface area contributed by atoms with E-state index < -0.39 is 4.92 Å². The number of hydrogen-bond acceptors (Lipinski definition) is 4. The molecule has 21 heavy (non-hydrogen) atoms. The van der Waals surface area contributed by atoms with Gasteiger partial charge in [-0.05, 0) is 31.7 Å². The van der Waals surface area contributed by atoms with E-state index in [1.54, 1.807) is 0 Å². The van der Waals surface area contributed by atoms with Gasteiger partial charge in [0.2, 0.25) is 0 Å². The predicted molar refractivity (Wildman–Crippen MR) is 81.4 cm³/mol. The number of nitrogens with two attached hydrogens (primary N) is 1. The van der Waals surface area contributed by atoms with Crippen LogP contribution in [0.5, 0.6) is 0 Å². The van der Waals surface area contributed by atoms with E-state index in [0.29, 0.717) is 5.92 Å². The number of halogens is 1. The number of nitrogens with zero attached hydrogens (tertiary/aromatic N) is 1. The van der Waals surface area contributed by atoms with Crippen LogP contribution in [0.3, 0.4) is 0 Å². The van der Waals surface area contributed by atoms with Crippen molar-refractivity contribution in [3.63, 3.8) is 0 Å². The number of anilines is 1. The lowest BCUT2D eigenvalue weighted by molar-refractivity contribution is -0.383. The van der Waals surface area contributed by atoms with E-state index in [2.05, 4.69) is 5.32 Å². The van der Waals surface area contributed by atoms with E-state index in [1.807, 2.05) is 6.92 Å². The molecule has 0 saturated heterocycles. The zero-order valence-corrected chi connectivity index (χ0v) is 12.5. The first kappa shape index (κ1) is 15.6. The Morgan fingerprint density at radius 1 is 1.48 bits per heavy atom. The highest BCUT2D eigenvalue weighted by Gasteiger charge is 2.25. The van der Waals surface area contributed by atoms with Crippen molar-refractivity contribution in [2.24, 2.45) is 5.92 Å². The second kappa shape index (κ2) is 6.30. The van der Waals surface area contributed by atoms with E-state index in [-0.39, 0.29) is 33.9 Å². The van der Waals surface area contributed by atoms with Gasteiger partial charge in [0.1, 0.15) is 5.69 Å². The third-order valence-electron chi connectivity index (χ3n) is 4.03. The molecule has 3 N–H and O–H groups in total. The van der Waals surface area contributed by atoms with Gasteiger partial charge in [0.15, 0.2) is 0 Å². The summed E-state index contributed by atoms with van der Waals surface area (Å²) in [5, 5.41) is 13.8. The molecule has 1 aromatic rings. The van der Waals surface area contributed by atoms with Gasteiger partial charge in [0, 0.05) is 17.7 Å². The second-order valence-electron chi connectivity index (χ2n) is 5.45. The largest absolute Gasteiger partial charge is 0.392 e. The van der Waals surface area contributed by atoms with Crippen molar-refractivity contribution in [1.82, 2.24) is 5.32 Å². The van der Waals surface area contributed by atoms with Crippen LogP contribution in [0, 0.1) is 16.0 Å². The molecule has 1 aliphatic rings. The molecule has 6 nitrogen and oxygen atoms in total. The lowest BCUT2D eigenvalue weighted by atomic mass is 9.99. The van der Waals surface area contributed by atoms with E-state index in [9.17, 15) is 14.9 Å². The molecule has 114 valence electrons. The second-order valence-corrected chi connectivity index (χ2v) is 5.86. The Kier molecular flexibility index (Phi) is 4.67. The molecule has 1 atom stereocenters. The van der Waals surface area contributed by atoms with Gasteiger partial charge >= 0.3 is 0 Å². The van der Waals surface area contributed by atoms with E-state index in [0.717, 1.165) is 18.9 Å². The topological polar surface area (TPSA) is 98.3 Å². The molecule has 1 aliphatic carbocycles. The quantitative estimate of drug-likeness (QED) is 0.507. The highest BCUT2D eigenvalue weighted by Crippen LogP contribution is 2.31. The minimum Gasteiger partial charge on any atom is -0.392 e. The fourth-order valence-corrected chi connectivity index (χ4v) is 2.97. The Bertz CT molecular complexity index is 571. The van der Waals surface area contributed by atoms with Crippen LogP contribution in [0.15, 0.2) is 12.1 Å². The molecule has 0 bridgehead atoms. The lowest BCUT2D eigenvalue weighted by Crippen LogP contribution is -2.37. The normalized spacial score (nSPS) is 16.7. The molecule has 0 spiro atoms. The molecule has 1 aromatic carbocycles. The molecule has 2 rings (SSSR count). The van der Waals surface area contributed by atoms with Crippen LogP contribution >= 0.6 is 11.6 Å². The van der Waals surface area contributed by atoms with Crippen LogP contribution in [0.1, 0.15) is 43.0 Å². The van der Waals surface area contributed by atoms with E-state index >= 15 is 0 Å². The maximum atomic E-state index is 12.2. The SMILES string of the molecule is CC(NC(=O)c1cc(Cl)c(N)c([N+](=O)[O-])c1)C1CCCC1. The van der Waals surface area contributed by atoms with Crippen molar-refractivity contribution in [3.05, 3.63) is 32.8 Å². The smallest absolute Gasteiger partial charge is 0.294 e. The van der Waals surface area contributed by atoms with Gasteiger partial charge < -0.3 is 11.1 Å². The van der Waals surface area contributed by atoms with Crippen LogP contribution in [0.4, 0.5) is 11.4 Å². The van der Waals surface area contributed by atoms with Crippen molar-refractivity contribution >= 4 is 28.9 Å². The Labute approximate surface area is 127 Å². The number of rotatable bonds is 4. The minimum atomic E-state index is -0.640. The lowest BCUT2D eigenvalue weighted by Gasteiger charge is -2.20. The summed E-state index contributed by atoms with van der Waals surface area (Å²) < 4.78 is 0. The number of carbonyl (C=O) groups is 1. The maximum Gasteiger partial charge on any atom is 0.294 e. The average molecular weight is 312 g/mol. The van der Waals surface area contributed by atoms with Crippen LogP contribution in [0.2, 0.25) is 5.02 Å². The summed E-state index contributed by atoms with van der Waals surface area (Å²) in [6.45, 7) is 1.96. The summed E-state index contributed by atoms with van der Waals surface area (Å²) in [7, 11) is 0. The fourth-order valence-electron chi connectivity index (χ4n) is 2.75. The summed E-state index contributed by atoms with van der Waals surface area (Å²) >= 11 is 5.86. The predicted octanol–water partition coefficient (Wildman–Crippen LogP) is 3.14. The number of nitro benzene ring substituents is 1. The first-order chi connectivity index (χ1) is 9.90. The summed E-state index contributed by atoms with van der Waals surface area (Å²) in [5.41, 5.74) is 5.24. The Hall–Kier alpha value is -1.82. The zero-order valence-electron chi connectivity index (χ0n) is 11.8. The number of nitrogen functional groups attached to an aromatic ring is 1. The van der Waals surface area contributed by atoms with Crippen molar-refractivity contribution < 1.29 is 9.72 Å². The molecule has 1 saturated carbocycles. The van der Waals surface area contributed by atoms with Crippen LogP contribution in [-0.4, -0.2) is 16.9 Å². The highest BCUT2D eigenvalue weighted by atomic mass is 35.5. The van der Waals surface area contributed by atoms with Gasteiger partial charge in [-0.1, -0.05) is 24.4 Å². The van der Waals surface area contributed by atoms with E-state index in [1.165, 1.54) is 18.9 Å². The van der Waals surface area contributed by atoms with Gasteiger partial charge in [-0.2, -0.15) is 0 Å². The number of nitrogens with one attached hydrogen (secondary N) is 1. The van der Waals surface area contributed by atoms with Crippen LogP contribution in [0.25, 0.3) is 0 Å². The van der Waals surface area contributed by atoms with Crippen molar-refractivity contribution in [1.29, 1.82) is 0 Å². The third kappa shape index (κ3) is 3.44. The standard InChI is InChI=1S/C14H18ClN3O3/c1-8(9-4-2-3-5-9)17-14(19)10-6-11(15)13(16)12(7-10)18(20)21/h6-9H,2-5,16H2,1H3,(H,17,19). The number of nitro groups is 1. The summed E-state index contributed by atoms with van der Waals surface area (Å²) in [5.74, 6) is 0.104. The average Bonchev–Trinajstić information content (AvgIpc) is 2.95. The molecule has 0 aliphatic heterocycles. The molecule has 0 aromatic heterocycles. The number of amides is 1. The molecule has 0 radical (unpaired) electrons. The fraction of sp³-hybridized carbons (Fsp3) is 0.500. The number of carbonyl (C=O) groups excluding carboxylic acids is 1. The zero-order chi connectivity index (χ0) is 15.6. The van der Waals surface area contributed by atoms with Crippen LogP contribution in [-0.2, 0) is 0 Å². The van der Waals surface area contributed by atoms with E-state index in [4.69, 9.17) is 17.3 Å². The summed E-state index contributed by atoms with van der Waals surface area (Å²) in [6.07, 6.45) is 4.57. The maximum absolute atomic E-state index is 12.2. The van der Waals surface area contributed by atoms with Gasteiger partial charge in [-0.25, -0.2) is 0 Å². The minimum absolute atomic E-state index is 0.0165. The Morgan fingerprint density at radius 2 is 2.10 bits per heavy atom. The van der Waals surface area contributed by atoms with Gasteiger partial charge in [0.25, 0.3) is 11.6 Å². The first-order valence-corrected chi connectivity index (χ1v) is 7.32. The highest BCUT2D eigenvalue weighted by molar-refractivity contribution is 6.34.